The summed E-state index contributed by atoms with van der Waals surface area (Å²) in [5.74, 6) is -0.670. The average Bonchev–Trinajstić information content (AvgIpc) is 2.20. The van der Waals surface area contributed by atoms with Crippen LogP contribution in [0.1, 0.15) is 24.0 Å². The van der Waals surface area contributed by atoms with E-state index in [2.05, 4.69) is 15.9 Å². The Kier molecular flexibility index (Phi) is 3.74. The number of rotatable bonds is 3. The summed E-state index contributed by atoms with van der Waals surface area (Å²) >= 11 is 3.38. The van der Waals surface area contributed by atoms with E-state index in [0.717, 1.165) is 15.6 Å². The van der Waals surface area contributed by atoms with Crippen LogP contribution in [0.2, 0.25) is 0 Å². The fourth-order valence-electron chi connectivity index (χ4n) is 1.28. The van der Waals surface area contributed by atoms with E-state index < -0.39 is 11.9 Å². The maximum atomic E-state index is 10.8. The van der Waals surface area contributed by atoms with Gasteiger partial charge in [0.15, 0.2) is 0 Å². The molecule has 0 aliphatic carbocycles. The molecule has 0 heterocycles. The summed E-state index contributed by atoms with van der Waals surface area (Å²) in [5.41, 5.74) is 1.70. The van der Waals surface area contributed by atoms with Crippen molar-refractivity contribution in [3.63, 3.8) is 0 Å². The van der Waals surface area contributed by atoms with Gasteiger partial charge in [0.1, 0.15) is 5.75 Å². The van der Waals surface area contributed by atoms with Gasteiger partial charge in [-0.15, -0.1) is 0 Å². The Morgan fingerprint density at radius 2 is 2.13 bits per heavy atom. The Balaban J connectivity index is 3.22. The molecule has 82 valence electrons. The van der Waals surface area contributed by atoms with Crippen LogP contribution in [0.4, 0.5) is 0 Å². The van der Waals surface area contributed by atoms with Crippen molar-refractivity contribution < 1.29 is 14.6 Å². The highest BCUT2D eigenvalue weighted by Gasteiger charge is 2.16. The summed E-state index contributed by atoms with van der Waals surface area (Å²) in [4.78, 5) is 10.8. The second-order valence-electron chi connectivity index (χ2n) is 3.39. The Morgan fingerprint density at radius 3 is 2.60 bits per heavy atom. The van der Waals surface area contributed by atoms with Gasteiger partial charge >= 0.3 is 5.97 Å². The summed E-state index contributed by atoms with van der Waals surface area (Å²) in [5, 5.41) is 8.90. The molecule has 0 aliphatic rings. The Bertz CT molecular complexity index is 388. The number of carbonyl (C=O) groups is 1. The van der Waals surface area contributed by atoms with Gasteiger partial charge in [-0.3, -0.25) is 4.79 Å². The number of methoxy groups -OCH3 is 1. The van der Waals surface area contributed by atoms with E-state index in [1.165, 1.54) is 0 Å². The van der Waals surface area contributed by atoms with Crippen molar-refractivity contribution in [3.05, 3.63) is 27.7 Å². The number of hydrogen-bond donors (Lipinski definition) is 1. The van der Waals surface area contributed by atoms with Crippen LogP contribution >= 0.6 is 15.9 Å². The number of ether oxygens (including phenoxy) is 1. The lowest BCUT2D eigenvalue weighted by atomic mass is 10.00. The molecule has 1 rings (SSSR count). The molecular weight excluding hydrogens is 260 g/mol. The summed E-state index contributed by atoms with van der Waals surface area (Å²) < 4.78 is 6.04. The maximum absolute atomic E-state index is 10.8. The molecule has 1 aromatic rings. The van der Waals surface area contributed by atoms with Crippen LogP contribution in [0, 0.1) is 6.92 Å². The molecule has 1 N–H and O–H groups in total. The molecule has 1 unspecified atom stereocenters. The highest BCUT2D eigenvalue weighted by molar-refractivity contribution is 9.10. The molecule has 0 saturated heterocycles. The number of benzene rings is 1. The molecule has 0 bridgehead atoms. The molecule has 1 atom stereocenters. The fourth-order valence-corrected chi connectivity index (χ4v) is 1.74. The van der Waals surface area contributed by atoms with Crippen molar-refractivity contribution >= 4 is 21.9 Å². The van der Waals surface area contributed by atoms with Crippen LogP contribution in [0.3, 0.4) is 0 Å². The highest BCUT2D eigenvalue weighted by atomic mass is 79.9. The smallest absolute Gasteiger partial charge is 0.310 e. The Morgan fingerprint density at radius 1 is 1.53 bits per heavy atom. The molecule has 0 radical (unpaired) electrons. The van der Waals surface area contributed by atoms with Gasteiger partial charge in [0.05, 0.1) is 13.0 Å². The van der Waals surface area contributed by atoms with Gasteiger partial charge in [-0.1, -0.05) is 15.9 Å². The lowest BCUT2D eigenvalue weighted by Crippen LogP contribution is -2.08. The predicted molar refractivity (Wildman–Crippen MR) is 61.5 cm³/mol. The van der Waals surface area contributed by atoms with E-state index in [0.29, 0.717) is 5.75 Å². The van der Waals surface area contributed by atoms with Crippen molar-refractivity contribution in [3.8, 4) is 5.75 Å². The van der Waals surface area contributed by atoms with E-state index in [9.17, 15) is 4.79 Å². The third-order valence-corrected chi connectivity index (χ3v) is 3.23. The van der Waals surface area contributed by atoms with Crippen LogP contribution in [0.5, 0.6) is 5.75 Å². The fraction of sp³-hybridized carbons (Fsp3) is 0.364. The van der Waals surface area contributed by atoms with Gasteiger partial charge in [0.2, 0.25) is 0 Å². The number of halogens is 1. The molecule has 0 aliphatic heterocycles. The Hall–Kier alpha value is -1.03. The van der Waals surface area contributed by atoms with Gasteiger partial charge in [-0.05, 0) is 31.5 Å². The van der Waals surface area contributed by atoms with Crippen LogP contribution < -0.4 is 4.74 Å². The molecule has 1 aromatic carbocycles. The zero-order valence-electron chi connectivity index (χ0n) is 8.87. The van der Waals surface area contributed by atoms with Crippen molar-refractivity contribution in [1.82, 2.24) is 0 Å². The van der Waals surface area contributed by atoms with Gasteiger partial charge in [0, 0.05) is 10.0 Å². The largest absolute Gasteiger partial charge is 0.496 e. The molecule has 3 nitrogen and oxygen atoms in total. The Labute approximate surface area is 97.2 Å². The third kappa shape index (κ3) is 2.50. The monoisotopic (exact) mass is 272 g/mol. The van der Waals surface area contributed by atoms with Crippen LogP contribution in [-0.4, -0.2) is 18.2 Å². The SMILES string of the molecule is COc1cc(C(C)C(=O)O)cc(Br)c1C. The molecule has 0 aromatic heterocycles. The van der Waals surface area contributed by atoms with Crippen LogP contribution in [0.15, 0.2) is 16.6 Å². The van der Waals surface area contributed by atoms with E-state index in [1.54, 1.807) is 20.1 Å². The second-order valence-corrected chi connectivity index (χ2v) is 4.24. The molecule has 0 saturated carbocycles. The number of aliphatic carboxylic acids is 1. The average molecular weight is 273 g/mol. The normalized spacial score (nSPS) is 12.3. The minimum absolute atomic E-state index is 0.532. The first kappa shape index (κ1) is 12.0. The quantitative estimate of drug-likeness (QED) is 0.920. The van der Waals surface area contributed by atoms with Gasteiger partial charge in [-0.2, -0.15) is 0 Å². The second kappa shape index (κ2) is 4.66. The topological polar surface area (TPSA) is 46.5 Å². The van der Waals surface area contributed by atoms with E-state index in [4.69, 9.17) is 9.84 Å². The van der Waals surface area contributed by atoms with Gasteiger partial charge in [0.25, 0.3) is 0 Å². The molecule has 4 heteroatoms. The maximum Gasteiger partial charge on any atom is 0.310 e. The number of carboxylic acids is 1. The number of carboxylic acid groups (broad SMARTS) is 1. The van der Waals surface area contributed by atoms with Crippen LogP contribution in [0.25, 0.3) is 0 Å². The standard InChI is InChI=1S/C11H13BrO3/c1-6(11(13)14)8-4-9(12)7(2)10(5-8)15-3/h4-6H,1-3H3,(H,13,14). The minimum atomic E-state index is -0.840. The van der Waals surface area contributed by atoms with Gasteiger partial charge in [-0.25, -0.2) is 0 Å². The lowest BCUT2D eigenvalue weighted by molar-refractivity contribution is -0.138. The molecule has 0 spiro atoms. The minimum Gasteiger partial charge on any atom is -0.496 e. The summed E-state index contributed by atoms with van der Waals surface area (Å²) in [7, 11) is 1.57. The van der Waals surface area contributed by atoms with Crippen LogP contribution in [-0.2, 0) is 4.79 Å². The summed E-state index contributed by atoms with van der Waals surface area (Å²) in [6.07, 6.45) is 0. The summed E-state index contributed by atoms with van der Waals surface area (Å²) in [6.45, 7) is 3.57. The zero-order chi connectivity index (χ0) is 11.6. The molecule has 0 fully saturated rings. The van der Waals surface area contributed by atoms with Crippen molar-refractivity contribution in [2.75, 3.05) is 7.11 Å². The zero-order valence-corrected chi connectivity index (χ0v) is 10.5. The molecular formula is C11H13BrO3. The van der Waals surface area contributed by atoms with Crippen molar-refractivity contribution in [2.45, 2.75) is 19.8 Å². The van der Waals surface area contributed by atoms with Gasteiger partial charge < -0.3 is 9.84 Å². The predicted octanol–water partition coefficient (Wildman–Crippen LogP) is 2.95. The first-order valence-electron chi connectivity index (χ1n) is 4.54. The van der Waals surface area contributed by atoms with Crippen molar-refractivity contribution in [2.24, 2.45) is 0 Å². The molecule has 15 heavy (non-hydrogen) atoms. The van der Waals surface area contributed by atoms with E-state index in [-0.39, 0.29) is 0 Å². The first-order chi connectivity index (χ1) is 6.97. The highest BCUT2D eigenvalue weighted by Crippen LogP contribution is 2.31. The first-order valence-corrected chi connectivity index (χ1v) is 5.33. The number of hydrogen-bond acceptors (Lipinski definition) is 2. The van der Waals surface area contributed by atoms with Crippen molar-refractivity contribution in [1.29, 1.82) is 0 Å². The summed E-state index contributed by atoms with van der Waals surface area (Å²) in [6, 6.07) is 3.58. The van der Waals surface area contributed by atoms with E-state index >= 15 is 0 Å². The van der Waals surface area contributed by atoms with E-state index in [1.807, 2.05) is 13.0 Å². The molecule has 0 amide bonds. The lowest BCUT2D eigenvalue weighted by Gasteiger charge is -2.12. The third-order valence-electron chi connectivity index (χ3n) is 2.41.